The summed E-state index contributed by atoms with van der Waals surface area (Å²) in [7, 11) is -2.70. The number of nitrogens with one attached hydrogen (secondary N) is 1. The van der Waals surface area contributed by atoms with Crippen molar-refractivity contribution in [3.63, 3.8) is 0 Å². The maximum atomic E-state index is 13.1. The van der Waals surface area contributed by atoms with Crippen LogP contribution in [0.15, 0.2) is 29.2 Å². The summed E-state index contributed by atoms with van der Waals surface area (Å²) in [6, 6.07) is 5.51. The summed E-state index contributed by atoms with van der Waals surface area (Å²) >= 11 is 0. The van der Waals surface area contributed by atoms with Crippen LogP contribution in [0.25, 0.3) is 0 Å². The molecule has 2 heterocycles. The van der Waals surface area contributed by atoms with E-state index in [9.17, 15) is 31.2 Å². The Morgan fingerprint density at radius 1 is 1.06 bits per heavy atom. The molecule has 3 rings (SSSR count). The smallest absolute Gasteiger partial charge is 0.411 e. The Hall–Kier alpha value is -2.34. The lowest BCUT2D eigenvalue weighted by atomic mass is 9.93. The molecule has 1 aromatic carbocycles. The zero-order chi connectivity index (χ0) is 23.5. The van der Waals surface area contributed by atoms with Gasteiger partial charge in [-0.1, -0.05) is 0 Å². The van der Waals surface area contributed by atoms with Crippen molar-refractivity contribution in [2.24, 2.45) is 11.8 Å². The third-order valence-corrected chi connectivity index (χ3v) is 7.73. The lowest BCUT2D eigenvalue weighted by Crippen LogP contribution is -2.50. The Morgan fingerprint density at radius 2 is 1.72 bits per heavy atom. The number of amides is 2. The molecule has 2 saturated heterocycles. The van der Waals surface area contributed by atoms with Gasteiger partial charge in [-0.15, -0.1) is 0 Å². The zero-order valence-corrected chi connectivity index (χ0v) is 18.4. The number of methoxy groups -OCH3 is 1. The van der Waals surface area contributed by atoms with Crippen molar-refractivity contribution in [3.05, 3.63) is 24.3 Å². The standard InChI is InChI=1S/C20H26F3N3O5S/c1-31-19(28)24-16-6-8-17(9-7-16)32(29,30)26-11-2-4-14(12-26)18(27)25-10-3-5-15(13-25)20(21,22)23/h6-9,14-15H,2-5,10-13H2,1H3,(H,24,28)/t14-,15+/m1/s1. The number of rotatable bonds is 4. The van der Waals surface area contributed by atoms with E-state index in [1.165, 1.54) is 40.6 Å². The first kappa shape index (κ1) is 24.3. The predicted molar refractivity (Wildman–Crippen MR) is 109 cm³/mol. The number of nitrogens with zero attached hydrogens (tertiary/aromatic N) is 2. The highest BCUT2D eigenvalue weighted by Crippen LogP contribution is 2.34. The number of benzene rings is 1. The molecular formula is C20H26F3N3O5S. The molecule has 0 radical (unpaired) electrons. The molecule has 0 unspecified atom stereocenters. The monoisotopic (exact) mass is 477 g/mol. The molecule has 0 spiro atoms. The van der Waals surface area contributed by atoms with Crippen LogP contribution < -0.4 is 5.32 Å². The summed E-state index contributed by atoms with van der Waals surface area (Å²) in [5.41, 5.74) is 0.354. The molecule has 2 amide bonds. The second kappa shape index (κ2) is 9.65. The zero-order valence-electron chi connectivity index (χ0n) is 17.6. The van der Waals surface area contributed by atoms with E-state index in [2.05, 4.69) is 10.1 Å². The minimum Gasteiger partial charge on any atom is -0.453 e. The van der Waals surface area contributed by atoms with Crippen LogP contribution in [0.3, 0.4) is 0 Å². The fraction of sp³-hybridized carbons (Fsp3) is 0.600. The van der Waals surface area contributed by atoms with Crippen molar-refractivity contribution in [1.82, 2.24) is 9.21 Å². The number of hydrogen-bond donors (Lipinski definition) is 1. The Bertz CT molecular complexity index is 937. The Morgan fingerprint density at radius 3 is 2.34 bits per heavy atom. The van der Waals surface area contributed by atoms with Gasteiger partial charge < -0.3 is 9.64 Å². The van der Waals surface area contributed by atoms with E-state index < -0.39 is 40.0 Å². The van der Waals surface area contributed by atoms with Gasteiger partial charge in [-0.2, -0.15) is 17.5 Å². The van der Waals surface area contributed by atoms with Gasteiger partial charge in [0, 0.05) is 31.9 Å². The van der Waals surface area contributed by atoms with E-state index in [1.807, 2.05) is 0 Å². The second-order valence-electron chi connectivity index (χ2n) is 8.01. The molecule has 32 heavy (non-hydrogen) atoms. The first-order chi connectivity index (χ1) is 15.0. The van der Waals surface area contributed by atoms with Crippen LogP contribution in [-0.2, 0) is 19.6 Å². The molecule has 8 nitrogen and oxygen atoms in total. The van der Waals surface area contributed by atoms with Crippen LogP contribution in [-0.4, -0.2) is 69.1 Å². The number of likely N-dealkylation sites (tertiary alicyclic amines) is 1. The maximum absolute atomic E-state index is 13.1. The molecule has 2 atom stereocenters. The lowest BCUT2D eigenvalue weighted by molar-refractivity contribution is -0.188. The average molecular weight is 478 g/mol. The van der Waals surface area contributed by atoms with Crippen LogP contribution in [0.5, 0.6) is 0 Å². The van der Waals surface area contributed by atoms with Gasteiger partial charge in [0.25, 0.3) is 0 Å². The number of piperidine rings is 2. The number of anilines is 1. The largest absolute Gasteiger partial charge is 0.453 e. The second-order valence-corrected chi connectivity index (χ2v) is 9.95. The van der Waals surface area contributed by atoms with Gasteiger partial charge in [-0.05, 0) is 49.9 Å². The van der Waals surface area contributed by atoms with Crippen molar-refractivity contribution in [3.8, 4) is 0 Å². The van der Waals surface area contributed by atoms with E-state index >= 15 is 0 Å². The maximum Gasteiger partial charge on any atom is 0.411 e. The first-order valence-electron chi connectivity index (χ1n) is 10.3. The molecule has 12 heteroatoms. The summed E-state index contributed by atoms with van der Waals surface area (Å²) < 4.78 is 71.0. The summed E-state index contributed by atoms with van der Waals surface area (Å²) in [4.78, 5) is 25.4. The van der Waals surface area contributed by atoms with Gasteiger partial charge >= 0.3 is 12.3 Å². The van der Waals surface area contributed by atoms with E-state index in [-0.39, 0.29) is 43.9 Å². The third-order valence-electron chi connectivity index (χ3n) is 5.85. The fourth-order valence-corrected chi connectivity index (χ4v) is 5.62. The molecule has 0 saturated carbocycles. The summed E-state index contributed by atoms with van der Waals surface area (Å²) in [5.74, 6) is -2.64. The minimum absolute atomic E-state index is 0.000713. The minimum atomic E-state index is -4.35. The topological polar surface area (TPSA) is 96.0 Å². The van der Waals surface area contributed by atoms with E-state index in [0.29, 0.717) is 18.5 Å². The number of ether oxygens (including phenoxy) is 1. The SMILES string of the molecule is COC(=O)Nc1ccc(S(=O)(=O)N2CCC[C@@H](C(=O)N3CCC[C@H](C(F)(F)F)C3)C2)cc1. The van der Waals surface area contributed by atoms with E-state index in [0.717, 1.165) is 0 Å². The molecule has 2 aliphatic rings. The normalized spacial score (nSPS) is 22.9. The number of halogens is 3. The molecule has 0 aromatic heterocycles. The summed E-state index contributed by atoms with van der Waals surface area (Å²) in [5, 5.41) is 2.42. The van der Waals surface area contributed by atoms with E-state index in [4.69, 9.17) is 0 Å². The molecule has 178 valence electrons. The highest BCUT2D eigenvalue weighted by atomic mass is 32.2. The van der Waals surface area contributed by atoms with Crippen LogP contribution in [0.2, 0.25) is 0 Å². The fourth-order valence-electron chi connectivity index (χ4n) is 4.09. The van der Waals surface area contributed by atoms with Crippen molar-refractivity contribution in [2.75, 3.05) is 38.6 Å². The van der Waals surface area contributed by atoms with Gasteiger partial charge in [0.15, 0.2) is 0 Å². The molecule has 1 aromatic rings. The van der Waals surface area contributed by atoms with Crippen LogP contribution in [0.1, 0.15) is 25.7 Å². The summed E-state index contributed by atoms with van der Waals surface area (Å²) in [6.45, 7) is 0.0273. The Balaban J connectivity index is 1.68. The highest BCUT2D eigenvalue weighted by Gasteiger charge is 2.44. The number of alkyl halides is 3. The number of carbonyl (C=O) groups is 2. The van der Waals surface area contributed by atoms with Crippen molar-refractivity contribution < 1.29 is 35.9 Å². The number of hydrogen-bond acceptors (Lipinski definition) is 5. The van der Waals surface area contributed by atoms with Gasteiger partial charge in [0.05, 0.1) is 23.8 Å². The van der Waals surface area contributed by atoms with Gasteiger partial charge in [0.1, 0.15) is 0 Å². The van der Waals surface area contributed by atoms with Crippen molar-refractivity contribution >= 4 is 27.7 Å². The van der Waals surface area contributed by atoms with Gasteiger partial charge in [-0.25, -0.2) is 13.2 Å². The highest BCUT2D eigenvalue weighted by molar-refractivity contribution is 7.89. The van der Waals surface area contributed by atoms with Crippen LogP contribution in [0, 0.1) is 11.8 Å². The molecular weight excluding hydrogens is 451 g/mol. The third kappa shape index (κ3) is 5.52. The van der Waals surface area contributed by atoms with E-state index in [1.54, 1.807) is 0 Å². The van der Waals surface area contributed by atoms with Gasteiger partial charge in [-0.3, -0.25) is 10.1 Å². The van der Waals surface area contributed by atoms with Crippen LogP contribution >= 0.6 is 0 Å². The quantitative estimate of drug-likeness (QED) is 0.719. The average Bonchev–Trinajstić information content (AvgIpc) is 2.78. The Labute approximate surface area is 184 Å². The molecule has 0 bridgehead atoms. The summed E-state index contributed by atoms with van der Waals surface area (Å²) in [6.07, 6.45) is -3.90. The van der Waals surface area contributed by atoms with Crippen molar-refractivity contribution in [2.45, 2.75) is 36.8 Å². The Kier molecular flexibility index (Phi) is 7.33. The number of carbonyl (C=O) groups excluding carboxylic acids is 2. The molecule has 2 fully saturated rings. The number of sulfonamides is 1. The molecule has 2 aliphatic heterocycles. The molecule has 0 aliphatic carbocycles. The van der Waals surface area contributed by atoms with Crippen molar-refractivity contribution in [1.29, 1.82) is 0 Å². The first-order valence-corrected chi connectivity index (χ1v) is 11.8. The molecule has 1 N–H and O–H groups in total. The lowest BCUT2D eigenvalue weighted by Gasteiger charge is -2.38. The predicted octanol–water partition coefficient (Wildman–Crippen LogP) is 3.07. The van der Waals surface area contributed by atoms with Gasteiger partial charge in [0.2, 0.25) is 15.9 Å². The van der Waals surface area contributed by atoms with Crippen LogP contribution in [0.4, 0.5) is 23.7 Å².